The first-order chi connectivity index (χ1) is 7.66. The number of fused-ring (bicyclic) bond motifs is 1. The molecule has 1 aromatic rings. The minimum Gasteiger partial charge on any atom is -0.493 e. The Bertz CT molecular complexity index is 382. The van der Waals surface area contributed by atoms with Crippen LogP contribution < -0.4 is 10.5 Å². The first-order valence-electron chi connectivity index (χ1n) is 5.44. The Kier molecular flexibility index (Phi) is 4.16. The van der Waals surface area contributed by atoms with Gasteiger partial charge in [0, 0.05) is 34.0 Å². The average Bonchev–Trinajstić information content (AvgIpc) is 2.64. The highest BCUT2D eigenvalue weighted by atomic mass is 79.9. The van der Waals surface area contributed by atoms with Crippen molar-refractivity contribution in [2.45, 2.75) is 25.1 Å². The quantitative estimate of drug-likeness (QED) is 0.929. The fraction of sp³-hybridized carbons (Fsp3) is 0.500. The molecule has 0 amide bonds. The van der Waals surface area contributed by atoms with Crippen molar-refractivity contribution in [1.82, 2.24) is 0 Å². The summed E-state index contributed by atoms with van der Waals surface area (Å²) in [7, 11) is 0. The molecule has 16 heavy (non-hydrogen) atoms. The molecule has 1 aromatic carbocycles. The lowest BCUT2D eigenvalue weighted by Gasteiger charge is -2.10. The molecule has 2 nitrogen and oxygen atoms in total. The zero-order valence-corrected chi connectivity index (χ0v) is 11.7. The van der Waals surface area contributed by atoms with E-state index in [2.05, 4.69) is 28.1 Å². The first kappa shape index (κ1) is 12.3. The summed E-state index contributed by atoms with van der Waals surface area (Å²) in [6.45, 7) is 2.85. The summed E-state index contributed by atoms with van der Waals surface area (Å²) in [5.74, 6) is 3.06. The number of hydrogen-bond acceptors (Lipinski definition) is 3. The zero-order valence-electron chi connectivity index (χ0n) is 9.33. The van der Waals surface area contributed by atoms with E-state index in [0.717, 1.165) is 34.8 Å². The molecule has 1 heterocycles. The van der Waals surface area contributed by atoms with E-state index in [0.29, 0.717) is 0 Å². The normalized spacial score (nSPS) is 15.7. The summed E-state index contributed by atoms with van der Waals surface area (Å²) in [4.78, 5) is 0. The van der Waals surface area contributed by atoms with Crippen LogP contribution in [0.15, 0.2) is 16.6 Å². The fourth-order valence-electron chi connectivity index (χ4n) is 1.81. The van der Waals surface area contributed by atoms with E-state index >= 15 is 0 Å². The number of rotatable bonds is 4. The minimum absolute atomic E-state index is 0.256. The van der Waals surface area contributed by atoms with E-state index in [-0.39, 0.29) is 6.04 Å². The molecular formula is C12H16BrNOS. The van der Waals surface area contributed by atoms with Gasteiger partial charge in [-0.1, -0.05) is 15.9 Å². The van der Waals surface area contributed by atoms with Crippen LogP contribution in [0.1, 0.15) is 18.1 Å². The Morgan fingerprint density at radius 2 is 2.38 bits per heavy atom. The third kappa shape index (κ3) is 2.93. The first-order valence-corrected chi connectivity index (χ1v) is 7.39. The van der Waals surface area contributed by atoms with Crippen molar-refractivity contribution >= 4 is 27.7 Å². The van der Waals surface area contributed by atoms with Crippen LogP contribution in [0.2, 0.25) is 0 Å². The van der Waals surface area contributed by atoms with Gasteiger partial charge in [0.15, 0.2) is 0 Å². The van der Waals surface area contributed by atoms with Gasteiger partial charge in [-0.2, -0.15) is 11.8 Å². The topological polar surface area (TPSA) is 35.2 Å². The molecule has 0 saturated heterocycles. The van der Waals surface area contributed by atoms with Gasteiger partial charge < -0.3 is 10.5 Å². The van der Waals surface area contributed by atoms with Crippen molar-refractivity contribution in [3.63, 3.8) is 0 Å². The lowest BCUT2D eigenvalue weighted by Crippen LogP contribution is -2.17. The summed E-state index contributed by atoms with van der Waals surface area (Å²) in [6, 6.07) is 4.56. The van der Waals surface area contributed by atoms with Crippen molar-refractivity contribution in [2.75, 3.05) is 12.4 Å². The van der Waals surface area contributed by atoms with Crippen LogP contribution in [0.25, 0.3) is 0 Å². The Labute approximate surface area is 109 Å². The SMILES string of the molecule is CC(N)CSCc1cc(Br)cc2c1OCC2. The van der Waals surface area contributed by atoms with Crippen LogP contribution in [0.4, 0.5) is 0 Å². The van der Waals surface area contributed by atoms with Crippen LogP contribution in [-0.2, 0) is 12.2 Å². The maximum Gasteiger partial charge on any atom is 0.126 e. The van der Waals surface area contributed by atoms with Crippen LogP contribution in [0.3, 0.4) is 0 Å². The van der Waals surface area contributed by atoms with E-state index in [1.807, 2.05) is 18.7 Å². The van der Waals surface area contributed by atoms with E-state index in [1.165, 1.54) is 11.1 Å². The fourth-order valence-corrected chi connectivity index (χ4v) is 3.28. The van der Waals surface area contributed by atoms with E-state index in [4.69, 9.17) is 10.5 Å². The smallest absolute Gasteiger partial charge is 0.126 e. The van der Waals surface area contributed by atoms with Crippen molar-refractivity contribution < 1.29 is 4.74 Å². The summed E-state index contributed by atoms with van der Waals surface area (Å²) in [6.07, 6.45) is 1.03. The molecule has 0 spiro atoms. The molecule has 2 rings (SSSR count). The Morgan fingerprint density at radius 1 is 1.56 bits per heavy atom. The second-order valence-electron chi connectivity index (χ2n) is 4.14. The number of nitrogens with two attached hydrogens (primary N) is 1. The second-order valence-corrected chi connectivity index (χ2v) is 6.09. The lowest BCUT2D eigenvalue weighted by molar-refractivity contribution is 0.354. The van der Waals surface area contributed by atoms with Gasteiger partial charge in [-0.3, -0.25) is 0 Å². The lowest BCUT2D eigenvalue weighted by atomic mass is 10.1. The van der Waals surface area contributed by atoms with Crippen molar-refractivity contribution in [1.29, 1.82) is 0 Å². The van der Waals surface area contributed by atoms with Gasteiger partial charge in [-0.05, 0) is 24.6 Å². The van der Waals surface area contributed by atoms with Gasteiger partial charge >= 0.3 is 0 Å². The highest BCUT2D eigenvalue weighted by Crippen LogP contribution is 2.34. The number of thioether (sulfide) groups is 1. The van der Waals surface area contributed by atoms with Gasteiger partial charge in [0.1, 0.15) is 5.75 Å². The van der Waals surface area contributed by atoms with Gasteiger partial charge in [0.05, 0.1) is 6.61 Å². The molecule has 0 fully saturated rings. The van der Waals surface area contributed by atoms with Crippen LogP contribution in [-0.4, -0.2) is 18.4 Å². The Hall–Kier alpha value is -0.190. The molecule has 4 heteroatoms. The van der Waals surface area contributed by atoms with E-state index < -0.39 is 0 Å². The largest absolute Gasteiger partial charge is 0.493 e. The Balaban J connectivity index is 2.08. The van der Waals surface area contributed by atoms with Crippen LogP contribution in [0.5, 0.6) is 5.75 Å². The molecule has 0 aromatic heterocycles. The van der Waals surface area contributed by atoms with Crippen molar-refractivity contribution in [3.8, 4) is 5.75 Å². The molecule has 0 aliphatic carbocycles. The number of halogens is 1. The summed E-state index contributed by atoms with van der Waals surface area (Å²) >= 11 is 5.41. The monoisotopic (exact) mass is 301 g/mol. The minimum atomic E-state index is 0.256. The third-order valence-corrected chi connectivity index (χ3v) is 4.20. The highest BCUT2D eigenvalue weighted by Gasteiger charge is 2.17. The molecule has 2 N–H and O–H groups in total. The molecular weight excluding hydrogens is 286 g/mol. The van der Waals surface area contributed by atoms with E-state index in [9.17, 15) is 0 Å². The molecule has 0 radical (unpaired) electrons. The van der Waals surface area contributed by atoms with Crippen molar-refractivity contribution in [2.24, 2.45) is 5.73 Å². The van der Waals surface area contributed by atoms with Gasteiger partial charge in [-0.15, -0.1) is 0 Å². The number of benzene rings is 1. The highest BCUT2D eigenvalue weighted by molar-refractivity contribution is 9.10. The third-order valence-electron chi connectivity index (χ3n) is 2.46. The summed E-state index contributed by atoms with van der Waals surface area (Å²) in [5, 5.41) is 0. The van der Waals surface area contributed by atoms with Crippen LogP contribution in [0, 0.1) is 0 Å². The standard InChI is InChI=1S/C12H16BrNOS/c1-8(14)6-16-7-10-5-11(13)4-9-2-3-15-12(9)10/h4-5,8H,2-3,6-7,14H2,1H3. The van der Waals surface area contributed by atoms with E-state index in [1.54, 1.807) is 0 Å². The molecule has 1 atom stereocenters. The predicted molar refractivity (Wildman–Crippen MR) is 73.2 cm³/mol. The Morgan fingerprint density at radius 3 is 3.12 bits per heavy atom. The summed E-state index contributed by atoms with van der Waals surface area (Å²) in [5.41, 5.74) is 8.35. The zero-order chi connectivity index (χ0) is 11.5. The molecule has 1 aliphatic heterocycles. The van der Waals surface area contributed by atoms with Gasteiger partial charge in [-0.25, -0.2) is 0 Å². The number of ether oxygens (including phenoxy) is 1. The molecule has 1 aliphatic rings. The predicted octanol–water partition coefficient (Wildman–Crippen LogP) is 2.96. The summed E-state index contributed by atoms with van der Waals surface area (Å²) < 4.78 is 6.82. The number of hydrogen-bond donors (Lipinski definition) is 1. The molecule has 0 saturated carbocycles. The van der Waals surface area contributed by atoms with Crippen LogP contribution >= 0.6 is 27.7 Å². The molecule has 1 unspecified atom stereocenters. The second kappa shape index (κ2) is 5.43. The molecule has 88 valence electrons. The molecule has 0 bridgehead atoms. The average molecular weight is 302 g/mol. The maximum atomic E-state index is 5.74. The maximum absolute atomic E-state index is 5.74. The van der Waals surface area contributed by atoms with Gasteiger partial charge in [0.25, 0.3) is 0 Å². The van der Waals surface area contributed by atoms with Crippen molar-refractivity contribution in [3.05, 3.63) is 27.7 Å². The van der Waals surface area contributed by atoms with Gasteiger partial charge in [0.2, 0.25) is 0 Å².